The number of hydrogen-bond acceptors (Lipinski definition) is 3. The van der Waals surface area contributed by atoms with Crippen molar-refractivity contribution in [2.45, 2.75) is 30.8 Å². The van der Waals surface area contributed by atoms with Crippen molar-refractivity contribution in [1.29, 1.82) is 0 Å². The van der Waals surface area contributed by atoms with E-state index in [1.165, 1.54) is 12.1 Å². The minimum Gasteiger partial charge on any atom is -0.353 e. The summed E-state index contributed by atoms with van der Waals surface area (Å²) in [6.45, 7) is 1.36. The molecule has 1 aliphatic carbocycles. The highest BCUT2D eigenvalue weighted by Crippen LogP contribution is 2.44. The van der Waals surface area contributed by atoms with Gasteiger partial charge in [-0.2, -0.15) is 0 Å². The van der Waals surface area contributed by atoms with Crippen LogP contribution in [0.1, 0.15) is 24.3 Å². The minimum atomic E-state index is -0.312. The van der Waals surface area contributed by atoms with E-state index in [1.54, 1.807) is 31.4 Å². The van der Waals surface area contributed by atoms with E-state index in [4.69, 9.17) is 11.6 Å². The van der Waals surface area contributed by atoms with Crippen molar-refractivity contribution < 1.29 is 8.78 Å². The zero-order valence-electron chi connectivity index (χ0n) is 15.5. The first-order valence-electron chi connectivity index (χ1n) is 9.36. The van der Waals surface area contributed by atoms with Crippen LogP contribution in [0.3, 0.4) is 0 Å². The quantitative estimate of drug-likeness (QED) is 0.605. The highest BCUT2D eigenvalue weighted by molar-refractivity contribution is 6.31. The van der Waals surface area contributed by atoms with Gasteiger partial charge >= 0.3 is 0 Å². The lowest BCUT2D eigenvalue weighted by Gasteiger charge is -2.20. The summed E-state index contributed by atoms with van der Waals surface area (Å²) in [5, 5.41) is 7.18. The van der Waals surface area contributed by atoms with Gasteiger partial charge in [-0.3, -0.25) is 4.99 Å². The van der Waals surface area contributed by atoms with Crippen LogP contribution in [0.2, 0.25) is 5.02 Å². The van der Waals surface area contributed by atoms with Crippen LogP contribution in [0.5, 0.6) is 0 Å². The summed E-state index contributed by atoms with van der Waals surface area (Å²) in [6.07, 6.45) is 3.25. The highest BCUT2D eigenvalue weighted by atomic mass is 35.5. The molecule has 2 fully saturated rings. The lowest BCUT2D eigenvalue weighted by Crippen LogP contribution is -2.45. The van der Waals surface area contributed by atoms with Gasteiger partial charge in [-0.25, -0.2) is 13.8 Å². The molecule has 2 heterocycles. The van der Waals surface area contributed by atoms with Crippen LogP contribution in [0.25, 0.3) is 0 Å². The predicted molar refractivity (Wildman–Crippen MR) is 107 cm³/mol. The Morgan fingerprint density at radius 3 is 2.79 bits per heavy atom. The van der Waals surface area contributed by atoms with Gasteiger partial charge in [0.25, 0.3) is 0 Å². The smallest absolute Gasteiger partial charge is 0.191 e. The highest BCUT2D eigenvalue weighted by Gasteiger charge is 2.42. The molecule has 0 radical (unpaired) electrons. The van der Waals surface area contributed by atoms with E-state index >= 15 is 0 Å². The van der Waals surface area contributed by atoms with Crippen molar-refractivity contribution in [3.63, 3.8) is 0 Å². The van der Waals surface area contributed by atoms with Crippen LogP contribution in [0.4, 0.5) is 14.6 Å². The van der Waals surface area contributed by atoms with Crippen molar-refractivity contribution in [2.24, 2.45) is 4.99 Å². The molecule has 1 aromatic heterocycles. The van der Waals surface area contributed by atoms with E-state index in [2.05, 4.69) is 20.6 Å². The van der Waals surface area contributed by atoms with E-state index in [0.29, 0.717) is 28.9 Å². The summed E-state index contributed by atoms with van der Waals surface area (Å²) in [5.41, 5.74) is 0.565. The molecular formula is C20H22ClF2N5. The zero-order valence-corrected chi connectivity index (χ0v) is 16.3. The molecule has 1 saturated heterocycles. The summed E-state index contributed by atoms with van der Waals surface area (Å²) >= 11 is 6.17. The van der Waals surface area contributed by atoms with Crippen LogP contribution in [-0.2, 0) is 0 Å². The fourth-order valence-electron chi connectivity index (χ4n) is 3.76. The van der Waals surface area contributed by atoms with Gasteiger partial charge in [-0.15, -0.1) is 0 Å². The molecule has 1 aliphatic heterocycles. The molecule has 2 N–H and O–H groups in total. The second-order valence-electron chi connectivity index (χ2n) is 7.19. The van der Waals surface area contributed by atoms with Gasteiger partial charge in [0, 0.05) is 54.9 Å². The van der Waals surface area contributed by atoms with Crippen LogP contribution < -0.4 is 15.5 Å². The van der Waals surface area contributed by atoms with Crippen molar-refractivity contribution in [1.82, 2.24) is 15.6 Å². The van der Waals surface area contributed by atoms with Gasteiger partial charge in [0.2, 0.25) is 0 Å². The monoisotopic (exact) mass is 405 g/mol. The van der Waals surface area contributed by atoms with Crippen molar-refractivity contribution >= 4 is 23.4 Å². The fraction of sp³-hybridized carbons (Fsp3) is 0.400. The number of halogens is 3. The molecule has 148 valence electrons. The maximum absolute atomic E-state index is 14.1. The average molecular weight is 406 g/mol. The molecule has 28 heavy (non-hydrogen) atoms. The number of guanidine groups is 1. The number of aromatic nitrogens is 1. The first-order chi connectivity index (χ1) is 13.6. The van der Waals surface area contributed by atoms with Crippen LogP contribution in [-0.4, -0.2) is 43.2 Å². The van der Waals surface area contributed by atoms with Crippen molar-refractivity contribution in [2.75, 3.05) is 25.0 Å². The topological polar surface area (TPSA) is 52.6 Å². The Bertz CT molecular complexity index is 870. The summed E-state index contributed by atoms with van der Waals surface area (Å²) in [7, 11) is 1.70. The predicted octanol–water partition coefficient (Wildman–Crippen LogP) is 3.31. The lowest BCUT2D eigenvalue weighted by molar-refractivity contribution is 0.605. The number of nitrogens with zero attached hydrogens (tertiary/aromatic N) is 3. The van der Waals surface area contributed by atoms with E-state index in [0.717, 1.165) is 19.4 Å². The number of aliphatic imine (C=N–C) groups is 1. The maximum Gasteiger partial charge on any atom is 0.191 e. The zero-order chi connectivity index (χ0) is 19.7. The SMILES string of the molecule is CN=C(NC1CCN(c2ncccc2F)C1)NC1CC1c1c(F)cccc1Cl. The number of benzene rings is 1. The number of anilines is 1. The van der Waals surface area contributed by atoms with Crippen LogP contribution >= 0.6 is 11.6 Å². The Morgan fingerprint density at radius 2 is 2.04 bits per heavy atom. The molecule has 3 unspecified atom stereocenters. The van der Waals surface area contributed by atoms with Gasteiger partial charge in [0.1, 0.15) is 5.82 Å². The third-order valence-electron chi connectivity index (χ3n) is 5.27. The number of hydrogen-bond donors (Lipinski definition) is 2. The standard InChI is InChI=1S/C20H22ClF2N5/c1-24-20(27-17-10-13(17)18-14(21)4-2-5-15(18)22)26-12-7-9-28(11-12)19-16(23)6-3-8-25-19/h2-6,8,12-13,17H,7,9-11H2,1H3,(H2,24,26,27). The molecule has 0 amide bonds. The van der Waals surface area contributed by atoms with E-state index < -0.39 is 0 Å². The average Bonchev–Trinajstić information content (AvgIpc) is 3.26. The first-order valence-corrected chi connectivity index (χ1v) is 9.74. The van der Waals surface area contributed by atoms with Gasteiger partial charge in [-0.05, 0) is 37.1 Å². The molecule has 5 nitrogen and oxygen atoms in total. The van der Waals surface area contributed by atoms with E-state index in [9.17, 15) is 8.78 Å². The Hall–Kier alpha value is -2.41. The van der Waals surface area contributed by atoms with E-state index in [-0.39, 0.29) is 29.6 Å². The number of rotatable bonds is 4. The molecule has 1 saturated carbocycles. The Balaban J connectivity index is 1.34. The normalized spacial score (nSPS) is 24.4. The molecule has 2 aromatic rings. The van der Waals surface area contributed by atoms with Crippen LogP contribution in [0.15, 0.2) is 41.5 Å². The second-order valence-corrected chi connectivity index (χ2v) is 7.59. The summed E-state index contributed by atoms with van der Waals surface area (Å²) in [5.74, 6) is 0.497. The van der Waals surface area contributed by atoms with Gasteiger partial charge in [-0.1, -0.05) is 17.7 Å². The number of pyridine rings is 1. The summed E-state index contributed by atoms with van der Waals surface area (Å²) in [6, 6.07) is 7.99. The molecule has 0 spiro atoms. The summed E-state index contributed by atoms with van der Waals surface area (Å²) < 4.78 is 28.0. The van der Waals surface area contributed by atoms with Gasteiger partial charge in [0.15, 0.2) is 17.6 Å². The molecule has 1 aromatic carbocycles. The van der Waals surface area contributed by atoms with E-state index in [1.807, 2.05) is 4.90 Å². The molecule has 3 atom stereocenters. The summed E-state index contributed by atoms with van der Waals surface area (Å²) in [4.78, 5) is 10.4. The molecule has 4 rings (SSSR count). The number of nitrogens with one attached hydrogen (secondary N) is 2. The second kappa shape index (κ2) is 7.91. The Kier molecular flexibility index (Phi) is 5.35. The maximum atomic E-state index is 14.1. The van der Waals surface area contributed by atoms with Crippen LogP contribution in [0, 0.1) is 11.6 Å². The van der Waals surface area contributed by atoms with Crippen molar-refractivity contribution in [3.05, 3.63) is 58.7 Å². The lowest BCUT2D eigenvalue weighted by atomic mass is 10.1. The fourth-order valence-corrected chi connectivity index (χ4v) is 4.06. The first kappa shape index (κ1) is 18.9. The Morgan fingerprint density at radius 1 is 1.21 bits per heavy atom. The van der Waals surface area contributed by atoms with Gasteiger partial charge in [0.05, 0.1) is 0 Å². The molecule has 0 bridgehead atoms. The largest absolute Gasteiger partial charge is 0.353 e. The third-order valence-corrected chi connectivity index (χ3v) is 5.60. The third kappa shape index (κ3) is 3.90. The van der Waals surface area contributed by atoms with Gasteiger partial charge < -0.3 is 15.5 Å². The molecule has 8 heteroatoms. The Labute approximate surface area is 167 Å². The molecule has 2 aliphatic rings. The molecular weight excluding hydrogens is 384 g/mol. The van der Waals surface area contributed by atoms with Crippen molar-refractivity contribution in [3.8, 4) is 0 Å². The minimum absolute atomic E-state index is 0.0370.